The number of benzene rings is 1. The predicted molar refractivity (Wildman–Crippen MR) is 64.0 cm³/mol. The quantitative estimate of drug-likeness (QED) is 0.524. The molecule has 0 amide bonds. The molecule has 3 aromatic rings. The maximum Gasteiger partial charge on any atom is 0.269 e. The Hall–Kier alpha value is -3.03. The second-order valence-corrected chi connectivity index (χ2v) is 3.64. The number of nitro benzene ring substituents is 1. The highest BCUT2D eigenvalue weighted by Crippen LogP contribution is 2.22. The van der Waals surface area contributed by atoms with E-state index in [0.717, 1.165) is 0 Å². The van der Waals surface area contributed by atoms with Crippen molar-refractivity contribution in [3.8, 4) is 11.6 Å². The average Bonchev–Trinajstić information content (AvgIpc) is 2.87. The van der Waals surface area contributed by atoms with Crippen molar-refractivity contribution in [2.45, 2.75) is 0 Å². The van der Waals surface area contributed by atoms with Crippen LogP contribution in [-0.2, 0) is 0 Å². The first-order chi connectivity index (χ1) is 9.22. The first-order valence-corrected chi connectivity index (χ1v) is 5.30. The number of hydrogen-bond acceptors (Lipinski definition) is 6. The molecule has 0 atom stereocenters. The van der Waals surface area contributed by atoms with E-state index in [1.165, 1.54) is 41.4 Å². The number of nitro groups is 1. The van der Waals surface area contributed by atoms with Crippen molar-refractivity contribution in [1.29, 1.82) is 0 Å². The van der Waals surface area contributed by atoms with Gasteiger partial charge in [0.05, 0.1) is 4.92 Å². The summed E-state index contributed by atoms with van der Waals surface area (Å²) in [6.07, 6.45) is 2.88. The number of ether oxygens (including phenoxy) is 1. The van der Waals surface area contributed by atoms with Crippen molar-refractivity contribution in [1.82, 2.24) is 19.6 Å². The smallest absolute Gasteiger partial charge is 0.269 e. The first-order valence-electron chi connectivity index (χ1n) is 5.30. The summed E-state index contributed by atoms with van der Waals surface area (Å²) >= 11 is 0. The maximum atomic E-state index is 10.5. The predicted octanol–water partition coefficient (Wildman–Crippen LogP) is 1.82. The van der Waals surface area contributed by atoms with Gasteiger partial charge in [0.1, 0.15) is 18.4 Å². The summed E-state index contributed by atoms with van der Waals surface area (Å²) in [5, 5.41) is 14.4. The highest BCUT2D eigenvalue weighted by atomic mass is 16.6. The number of non-ortho nitro benzene ring substituents is 1. The minimum Gasteiger partial charge on any atom is -0.439 e. The van der Waals surface area contributed by atoms with Crippen LogP contribution in [0.5, 0.6) is 11.6 Å². The lowest BCUT2D eigenvalue weighted by molar-refractivity contribution is -0.384. The van der Waals surface area contributed by atoms with Crippen molar-refractivity contribution in [2.75, 3.05) is 0 Å². The first kappa shape index (κ1) is 11.1. The third-order valence-corrected chi connectivity index (χ3v) is 2.42. The highest BCUT2D eigenvalue weighted by Gasteiger charge is 2.06. The second-order valence-electron chi connectivity index (χ2n) is 3.64. The van der Waals surface area contributed by atoms with Gasteiger partial charge in [-0.2, -0.15) is 5.10 Å². The molecule has 2 heterocycles. The second kappa shape index (κ2) is 4.33. The molecule has 1 aromatic carbocycles. The fourth-order valence-corrected chi connectivity index (χ4v) is 1.52. The lowest BCUT2D eigenvalue weighted by Crippen LogP contribution is -1.93. The van der Waals surface area contributed by atoms with Gasteiger partial charge in [0, 0.05) is 18.2 Å². The van der Waals surface area contributed by atoms with E-state index < -0.39 is 4.92 Å². The van der Waals surface area contributed by atoms with Crippen LogP contribution in [0.15, 0.2) is 43.0 Å². The van der Waals surface area contributed by atoms with Gasteiger partial charge in [-0.15, -0.1) is 0 Å². The Morgan fingerprint density at radius 1 is 1.21 bits per heavy atom. The number of nitrogens with zero attached hydrogens (tertiary/aromatic N) is 5. The van der Waals surface area contributed by atoms with Crippen LogP contribution in [0.1, 0.15) is 0 Å². The summed E-state index contributed by atoms with van der Waals surface area (Å²) in [4.78, 5) is 18.1. The van der Waals surface area contributed by atoms with Crippen molar-refractivity contribution in [3.05, 3.63) is 53.1 Å². The summed E-state index contributed by atoms with van der Waals surface area (Å²) < 4.78 is 6.98. The fraction of sp³-hybridized carbons (Fsp3) is 0. The summed E-state index contributed by atoms with van der Waals surface area (Å²) in [7, 11) is 0. The van der Waals surface area contributed by atoms with Crippen LogP contribution in [0.3, 0.4) is 0 Å². The Labute approximate surface area is 106 Å². The van der Waals surface area contributed by atoms with E-state index in [0.29, 0.717) is 17.3 Å². The van der Waals surface area contributed by atoms with Gasteiger partial charge in [0.15, 0.2) is 5.65 Å². The van der Waals surface area contributed by atoms with Crippen LogP contribution in [0, 0.1) is 10.1 Å². The van der Waals surface area contributed by atoms with Crippen molar-refractivity contribution in [2.24, 2.45) is 0 Å². The summed E-state index contributed by atoms with van der Waals surface area (Å²) in [5.41, 5.74) is 0.611. The lowest BCUT2D eigenvalue weighted by Gasteiger charge is -2.03. The van der Waals surface area contributed by atoms with E-state index in [1.54, 1.807) is 6.07 Å². The molecule has 0 spiro atoms. The molecule has 0 saturated heterocycles. The molecule has 8 heteroatoms. The number of rotatable bonds is 3. The number of hydrogen-bond donors (Lipinski definition) is 0. The van der Waals surface area contributed by atoms with Crippen molar-refractivity contribution in [3.63, 3.8) is 0 Å². The molecule has 0 unspecified atom stereocenters. The summed E-state index contributed by atoms with van der Waals surface area (Å²) in [5.74, 6) is 0.802. The van der Waals surface area contributed by atoms with Gasteiger partial charge >= 0.3 is 0 Å². The fourth-order valence-electron chi connectivity index (χ4n) is 1.52. The normalized spacial score (nSPS) is 10.5. The number of fused-ring (bicyclic) bond motifs is 1. The van der Waals surface area contributed by atoms with E-state index in [9.17, 15) is 10.1 Å². The molecule has 0 aliphatic carbocycles. The molecule has 0 bridgehead atoms. The zero-order chi connectivity index (χ0) is 13.2. The molecule has 8 nitrogen and oxygen atoms in total. The van der Waals surface area contributed by atoms with E-state index in [1.807, 2.05) is 0 Å². The largest absolute Gasteiger partial charge is 0.439 e. The Bertz CT molecular complexity index is 737. The van der Waals surface area contributed by atoms with Gasteiger partial charge in [-0.3, -0.25) is 10.1 Å². The zero-order valence-electron chi connectivity index (χ0n) is 9.50. The topological polar surface area (TPSA) is 95.5 Å². The van der Waals surface area contributed by atoms with Crippen molar-refractivity contribution < 1.29 is 9.66 Å². The maximum absolute atomic E-state index is 10.5. The molecule has 2 aromatic heterocycles. The molecular formula is C11H7N5O3. The molecule has 0 radical (unpaired) electrons. The minimum atomic E-state index is -0.468. The van der Waals surface area contributed by atoms with Crippen molar-refractivity contribution >= 4 is 11.3 Å². The van der Waals surface area contributed by atoms with Gasteiger partial charge in [0.25, 0.3) is 5.69 Å². The molecule has 0 fully saturated rings. The monoisotopic (exact) mass is 257 g/mol. The molecule has 0 saturated carbocycles. The van der Waals surface area contributed by atoms with Gasteiger partial charge < -0.3 is 4.74 Å². The molecule has 94 valence electrons. The van der Waals surface area contributed by atoms with Gasteiger partial charge in [-0.05, 0) is 12.1 Å². The molecule has 19 heavy (non-hydrogen) atoms. The Morgan fingerprint density at radius 2 is 2.00 bits per heavy atom. The zero-order valence-corrected chi connectivity index (χ0v) is 9.50. The van der Waals surface area contributed by atoms with Gasteiger partial charge in [-0.25, -0.2) is 14.5 Å². The van der Waals surface area contributed by atoms with E-state index in [4.69, 9.17) is 4.74 Å². The van der Waals surface area contributed by atoms with Gasteiger partial charge in [0.2, 0.25) is 5.88 Å². The minimum absolute atomic E-state index is 0.00761. The molecule has 0 aliphatic heterocycles. The van der Waals surface area contributed by atoms with E-state index in [-0.39, 0.29) is 5.69 Å². The van der Waals surface area contributed by atoms with E-state index >= 15 is 0 Å². The standard InChI is InChI=1S/C11H7N5O3/c17-16(18)8-1-3-9(4-2-8)19-11-5-10-12-6-14-15(10)7-13-11/h1-7H. The SMILES string of the molecule is O=[N+]([O-])c1ccc(Oc2cc3ncnn3cn2)cc1. The molecule has 0 aliphatic rings. The van der Waals surface area contributed by atoms with E-state index in [2.05, 4.69) is 15.1 Å². The highest BCUT2D eigenvalue weighted by molar-refractivity contribution is 5.42. The molecular weight excluding hydrogens is 250 g/mol. The Balaban J connectivity index is 1.85. The lowest BCUT2D eigenvalue weighted by atomic mass is 10.3. The third-order valence-electron chi connectivity index (χ3n) is 2.42. The van der Waals surface area contributed by atoms with Crippen LogP contribution in [-0.4, -0.2) is 24.5 Å². The van der Waals surface area contributed by atoms with Crippen LogP contribution < -0.4 is 4.74 Å². The summed E-state index contributed by atoms with van der Waals surface area (Å²) in [6.45, 7) is 0. The van der Waals surface area contributed by atoms with Crippen LogP contribution in [0.2, 0.25) is 0 Å². The number of aromatic nitrogens is 4. The summed E-state index contributed by atoms with van der Waals surface area (Å²) in [6, 6.07) is 7.37. The van der Waals surface area contributed by atoms with Gasteiger partial charge in [-0.1, -0.05) is 0 Å². The third kappa shape index (κ3) is 2.18. The van der Waals surface area contributed by atoms with Crippen LogP contribution >= 0.6 is 0 Å². The van der Waals surface area contributed by atoms with Crippen LogP contribution in [0.4, 0.5) is 5.69 Å². The Morgan fingerprint density at radius 3 is 2.74 bits per heavy atom. The Kier molecular flexibility index (Phi) is 2.53. The molecule has 0 N–H and O–H groups in total. The molecule has 3 rings (SSSR count). The average molecular weight is 257 g/mol. The van der Waals surface area contributed by atoms with Crippen LogP contribution in [0.25, 0.3) is 5.65 Å².